The fourth-order valence-electron chi connectivity index (χ4n) is 1.18. The first kappa shape index (κ1) is 11.0. The van der Waals surface area contributed by atoms with Gasteiger partial charge in [-0.05, 0) is 44.5 Å². The minimum atomic E-state index is 0.900. The number of rotatable bonds is 6. The van der Waals surface area contributed by atoms with Crippen molar-refractivity contribution in [2.75, 3.05) is 13.1 Å². The SMILES string of the molecule is CCCNCCCc1ccc(Cl)s1. The normalized spacial score (nSPS) is 10.6. The second-order valence-electron chi connectivity index (χ2n) is 3.06. The van der Waals surface area contributed by atoms with Crippen molar-refractivity contribution in [2.24, 2.45) is 0 Å². The molecule has 1 nitrogen and oxygen atoms in total. The van der Waals surface area contributed by atoms with E-state index in [1.165, 1.54) is 17.7 Å². The molecule has 1 rings (SSSR count). The first-order chi connectivity index (χ1) is 6.33. The van der Waals surface area contributed by atoms with Gasteiger partial charge in [0.25, 0.3) is 0 Å². The smallest absolute Gasteiger partial charge is 0.0931 e. The molecule has 0 atom stereocenters. The summed E-state index contributed by atoms with van der Waals surface area (Å²) < 4.78 is 0.900. The quantitative estimate of drug-likeness (QED) is 0.721. The zero-order valence-electron chi connectivity index (χ0n) is 7.98. The van der Waals surface area contributed by atoms with Crippen LogP contribution in [0.1, 0.15) is 24.6 Å². The predicted octanol–water partition coefficient (Wildman–Crippen LogP) is 3.33. The van der Waals surface area contributed by atoms with Crippen molar-refractivity contribution in [3.63, 3.8) is 0 Å². The van der Waals surface area contributed by atoms with Gasteiger partial charge in [-0.15, -0.1) is 11.3 Å². The zero-order chi connectivity index (χ0) is 9.52. The Morgan fingerprint density at radius 1 is 1.38 bits per heavy atom. The van der Waals surface area contributed by atoms with Gasteiger partial charge in [-0.2, -0.15) is 0 Å². The van der Waals surface area contributed by atoms with Crippen LogP contribution in [-0.4, -0.2) is 13.1 Å². The summed E-state index contributed by atoms with van der Waals surface area (Å²) in [6.07, 6.45) is 3.57. The largest absolute Gasteiger partial charge is 0.317 e. The first-order valence-electron chi connectivity index (χ1n) is 4.78. The summed E-state index contributed by atoms with van der Waals surface area (Å²) in [4.78, 5) is 1.39. The lowest BCUT2D eigenvalue weighted by molar-refractivity contribution is 0.642. The summed E-state index contributed by atoms with van der Waals surface area (Å²) in [5.74, 6) is 0. The Kier molecular flexibility index (Phi) is 5.44. The van der Waals surface area contributed by atoms with Gasteiger partial charge in [0.1, 0.15) is 0 Å². The number of thiophene rings is 1. The Hall–Kier alpha value is -0.0500. The predicted molar refractivity (Wildman–Crippen MR) is 60.8 cm³/mol. The fraction of sp³-hybridized carbons (Fsp3) is 0.600. The van der Waals surface area contributed by atoms with Gasteiger partial charge in [0.2, 0.25) is 0 Å². The highest BCUT2D eigenvalue weighted by molar-refractivity contribution is 7.16. The summed E-state index contributed by atoms with van der Waals surface area (Å²) in [5, 5.41) is 3.38. The summed E-state index contributed by atoms with van der Waals surface area (Å²) >= 11 is 7.52. The second kappa shape index (κ2) is 6.41. The van der Waals surface area contributed by atoms with Crippen LogP contribution in [-0.2, 0) is 6.42 Å². The molecule has 1 aromatic rings. The molecule has 0 bridgehead atoms. The molecule has 0 saturated heterocycles. The van der Waals surface area contributed by atoms with Gasteiger partial charge >= 0.3 is 0 Å². The van der Waals surface area contributed by atoms with E-state index in [2.05, 4.69) is 18.3 Å². The summed E-state index contributed by atoms with van der Waals surface area (Å²) in [7, 11) is 0. The van der Waals surface area contributed by atoms with Crippen LogP contribution in [0, 0.1) is 0 Å². The van der Waals surface area contributed by atoms with E-state index in [1.54, 1.807) is 11.3 Å². The van der Waals surface area contributed by atoms with E-state index >= 15 is 0 Å². The van der Waals surface area contributed by atoms with Gasteiger partial charge < -0.3 is 5.32 Å². The van der Waals surface area contributed by atoms with Crippen molar-refractivity contribution in [1.29, 1.82) is 0 Å². The molecule has 0 fully saturated rings. The van der Waals surface area contributed by atoms with Crippen LogP contribution < -0.4 is 5.32 Å². The Balaban J connectivity index is 2.06. The lowest BCUT2D eigenvalue weighted by atomic mass is 10.2. The molecule has 74 valence electrons. The second-order valence-corrected chi connectivity index (χ2v) is 4.86. The molecule has 1 N–H and O–H groups in total. The molecule has 0 radical (unpaired) electrons. The number of hydrogen-bond acceptors (Lipinski definition) is 2. The van der Waals surface area contributed by atoms with Crippen LogP contribution in [0.25, 0.3) is 0 Å². The minimum Gasteiger partial charge on any atom is -0.317 e. The summed E-state index contributed by atoms with van der Waals surface area (Å²) in [6, 6.07) is 4.09. The number of nitrogens with one attached hydrogen (secondary N) is 1. The maximum Gasteiger partial charge on any atom is 0.0931 e. The molecule has 0 saturated carbocycles. The maximum atomic E-state index is 5.83. The Morgan fingerprint density at radius 2 is 2.23 bits per heavy atom. The molecule has 0 unspecified atom stereocenters. The van der Waals surface area contributed by atoms with Crippen LogP contribution in [0.4, 0.5) is 0 Å². The Morgan fingerprint density at radius 3 is 2.85 bits per heavy atom. The molecule has 13 heavy (non-hydrogen) atoms. The number of hydrogen-bond donors (Lipinski definition) is 1. The van der Waals surface area contributed by atoms with Gasteiger partial charge in [-0.1, -0.05) is 18.5 Å². The van der Waals surface area contributed by atoms with Crippen molar-refractivity contribution in [1.82, 2.24) is 5.32 Å². The first-order valence-corrected chi connectivity index (χ1v) is 5.97. The summed E-state index contributed by atoms with van der Waals surface area (Å²) in [5.41, 5.74) is 0. The number of aryl methyl sites for hydroxylation is 1. The Bertz CT molecular complexity index is 235. The molecule has 0 spiro atoms. The van der Waals surface area contributed by atoms with Crippen molar-refractivity contribution in [3.05, 3.63) is 21.3 Å². The third-order valence-corrected chi connectivity index (χ3v) is 3.12. The molecule has 1 heterocycles. The molecular weight excluding hydrogens is 202 g/mol. The van der Waals surface area contributed by atoms with Crippen molar-refractivity contribution < 1.29 is 0 Å². The van der Waals surface area contributed by atoms with E-state index in [0.29, 0.717) is 0 Å². The van der Waals surface area contributed by atoms with Gasteiger partial charge in [0.15, 0.2) is 0 Å². The Labute approximate surface area is 89.1 Å². The topological polar surface area (TPSA) is 12.0 Å². The van der Waals surface area contributed by atoms with Crippen LogP contribution >= 0.6 is 22.9 Å². The average molecular weight is 218 g/mol. The maximum absolute atomic E-state index is 5.83. The highest BCUT2D eigenvalue weighted by Crippen LogP contribution is 2.22. The molecule has 3 heteroatoms. The van der Waals surface area contributed by atoms with E-state index in [-0.39, 0.29) is 0 Å². The molecule has 0 aliphatic rings. The van der Waals surface area contributed by atoms with Gasteiger partial charge in [0, 0.05) is 4.88 Å². The molecule has 0 aromatic carbocycles. The molecule has 0 aliphatic carbocycles. The third kappa shape index (κ3) is 4.65. The van der Waals surface area contributed by atoms with E-state index < -0.39 is 0 Å². The molecule has 0 aliphatic heterocycles. The molecule has 1 aromatic heterocycles. The van der Waals surface area contributed by atoms with Gasteiger partial charge in [-0.25, -0.2) is 0 Å². The van der Waals surface area contributed by atoms with Crippen molar-refractivity contribution in [3.8, 4) is 0 Å². The highest BCUT2D eigenvalue weighted by Gasteiger charge is 1.96. The lowest BCUT2D eigenvalue weighted by Gasteiger charge is -2.00. The monoisotopic (exact) mass is 217 g/mol. The van der Waals surface area contributed by atoms with E-state index in [4.69, 9.17) is 11.6 Å². The van der Waals surface area contributed by atoms with Crippen molar-refractivity contribution >= 4 is 22.9 Å². The summed E-state index contributed by atoms with van der Waals surface area (Å²) in [6.45, 7) is 4.43. The lowest BCUT2D eigenvalue weighted by Crippen LogP contribution is -2.16. The van der Waals surface area contributed by atoms with E-state index in [0.717, 1.165) is 23.8 Å². The average Bonchev–Trinajstić information content (AvgIpc) is 2.51. The van der Waals surface area contributed by atoms with Gasteiger partial charge in [0.05, 0.1) is 4.34 Å². The minimum absolute atomic E-state index is 0.900. The third-order valence-electron chi connectivity index (χ3n) is 1.83. The zero-order valence-corrected chi connectivity index (χ0v) is 9.55. The van der Waals surface area contributed by atoms with Crippen LogP contribution in [0.15, 0.2) is 12.1 Å². The van der Waals surface area contributed by atoms with E-state index in [1.807, 2.05) is 6.07 Å². The van der Waals surface area contributed by atoms with Crippen molar-refractivity contribution in [2.45, 2.75) is 26.2 Å². The number of halogens is 1. The molecular formula is C10H16ClNS. The van der Waals surface area contributed by atoms with Crippen LogP contribution in [0.3, 0.4) is 0 Å². The van der Waals surface area contributed by atoms with Crippen LogP contribution in [0.5, 0.6) is 0 Å². The fourth-order valence-corrected chi connectivity index (χ4v) is 2.30. The van der Waals surface area contributed by atoms with Gasteiger partial charge in [-0.3, -0.25) is 0 Å². The standard InChI is InChI=1S/C10H16ClNS/c1-2-7-12-8-3-4-9-5-6-10(11)13-9/h5-6,12H,2-4,7-8H2,1H3. The molecule has 0 amide bonds. The van der Waals surface area contributed by atoms with E-state index in [9.17, 15) is 0 Å². The van der Waals surface area contributed by atoms with Crippen LogP contribution in [0.2, 0.25) is 4.34 Å². The highest BCUT2D eigenvalue weighted by atomic mass is 35.5.